The molecule has 0 aliphatic heterocycles. The summed E-state index contributed by atoms with van der Waals surface area (Å²) in [5.74, 6) is 0.495. The SMILES string of the molecule is C=C(C)CSc1nc(-c2ccccc2F)c(N)s1. The number of nitrogen functional groups attached to an aromatic ring is 1. The molecular weight excluding hydrogens is 267 g/mol. The van der Waals surface area contributed by atoms with Crippen molar-refractivity contribution in [3.63, 3.8) is 0 Å². The Labute approximate surface area is 114 Å². The van der Waals surface area contributed by atoms with Crippen LogP contribution in [0.15, 0.2) is 40.8 Å². The van der Waals surface area contributed by atoms with E-state index in [1.54, 1.807) is 30.0 Å². The zero-order valence-corrected chi connectivity index (χ0v) is 11.6. The quantitative estimate of drug-likeness (QED) is 0.674. The number of hydrogen-bond donors (Lipinski definition) is 1. The minimum absolute atomic E-state index is 0.300. The number of nitrogens with zero attached hydrogens (tertiary/aromatic N) is 1. The third-order valence-electron chi connectivity index (χ3n) is 2.20. The summed E-state index contributed by atoms with van der Waals surface area (Å²) in [4.78, 5) is 4.39. The lowest BCUT2D eigenvalue weighted by Crippen LogP contribution is -1.89. The van der Waals surface area contributed by atoms with E-state index >= 15 is 0 Å². The highest BCUT2D eigenvalue weighted by Gasteiger charge is 2.14. The Morgan fingerprint density at radius 3 is 2.89 bits per heavy atom. The zero-order valence-electron chi connectivity index (χ0n) is 9.94. The van der Waals surface area contributed by atoms with E-state index in [0.717, 1.165) is 15.7 Å². The Kier molecular flexibility index (Phi) is 4.04. The first-order valence-electron chi connectivity index (χ1n) is 5.36. The maximum absolute atomic E-state index is 13.7. The molecule has 2 aromatic rings. The molecule has 0 unspecified atom stereocenters. The highest BCUT2D eigenvalue weighted by atomic mass is 32.2. The van der Waals surface area contributed by atoms with E-state index in [-0.39, 0.29) is 5.82 Å². The third kappa shape index (κ3) is 2.91. The summed E-state index contributed by atoms with van der Waals surface area (Å²) in [5, 5.41) is 0.546. The molecule has 0 fully saturated rings. The molecular formula is C13H13FN2S2. The molecule has 0 spiro atoms. The van der Waals surface area contributed by atoms with Gasteiger partial charge in [0.25, 0.3) is 0 Å². The molecule has 0 aliphatic rings. The molecule has 1 heterocycles. The van der Waals surface area contributed by atoms with Crippen molar-refractivity contribution in [1.82, 2.24) is 4.98 Å². The lowest BCUT2D eigenvalue weighted by atomic mass is 10.1. The maximum Gasteiger partial charge on any atom is 0.152 e. The Balaban J connectivity index is 2.30. The molecule has 0 amide bonds. The smallest absolute Gasteiger partial charge is 0.152 e. The topological polar surface area (TPSA) is 38.9 Å². The van der Waals surface area contributed by atoms with Gasteiger partial charge in [0.1, 0.15) is 16.5 Å². The molecule has 1 aromatic carbocycles. The van der Waals surface area contributed by atoms with Crippen LogP contribution < -0.4 is 5.73 Å². The summed E-state index contributed by atoms with van der Waals surface area (Å²) in [6.45, 7) is 5.80. The van der Waals surface area contributed by atoms with Crippen molar-refractivity contribution < 1.29 is 4.39 Å². The number of thiazole rings is 1. The van der Waals surface area contributed by atoms with Crippen molar-refractivity contribution in [2.24, 2.45) is 0 Å². The summed E-state index contributed by atoms with van der Waals surface area (Å²) < 4.78 is 14.5. The Bertz CT molecular complexity index is 578. The van der Waals surface area contributed by atoms with E-state index in [4.69, 9.17) is 5.73 Å². The second kappa shape index (κ2) is 5.54. The second-order valence-corrected chi connectivity index (χ2v) is 6.17. The van der Waals surface area contributed by atoms with Gasteiger partial charge < -0.3 is 5.73 Å². The predicted octanol–water partition coefficient (Wildman–Crippen LogP) is 4.20. The maximum atomic E-state index is 13.7. The minimum Gasteiger partial charge on any atom is -0.389 e. The molecule has 94 valence electrons. The highest BCUT2D eigenvalue weighted by Crippen LogP contribution is 2.36. The van der Waals surface area contributed by atoms with Crippen LogP contribution in [0.1, 0.15) is 6.92 Å². The molecule has 0 bridgehead atoms. The van der Waals surface area contributed by atoms with Gasteiger partial charge in [-0.15, -0.1) is 0 Å². The van der Waals surface area contributed by atoms with Gasteiger partial charge in [-0.05, 0) is 19.1 Å². The highest BCUT2D eigenvalue weighted by molar-refractivity contribution is 8.01. The van der Waals surface area contributed by atoms with Crippen molar-refractivity contribution in [3.05, 3.63) is 42.2 Å². The minimum atomic E-state index is -0.300. The summed E-state index contributed by atoms with van der Waals surface area (Å²) >= 11 is 2.95. The first kappa shape index (κ1) is 13.1. The number of benzene rings is 1. The van der Waals surface area contributed by atoms with E-state index < -0.39 is 0 Å². The van der Waals surface area contributed by atoms with E-state index in [9.17, 15) is 4.39 Å². The fraction of sp³-hybridized carbons (Fsp3) is 0.154. The molecule has 18 heavy (non-hydrogen) atoms. The molecule has 0 aliphatic carbocycles. The monoisotopic (exact) mass is 280 g/mol. The van der Waals surface area contributed by atoms with Gasteiger partial charge >= 0.3 is 0 Å². The van der Waals surface area contributed by atoms with Gasteiger partial charge in [-0.3, -0.25) is 0 Å². The number of halogens is 1. The van der Waals surface area contributed by atoms with Gasteiger partial charge in [0, 0.05) is 11.3 Å². The van der Waals surface area contributed by atoms with Crippen LogP contribution >= 0.6 is 23.1 Å². The third-order valence-corrected chi connectivity index (χ3v) is 4.46. The Morgan fingerprint density at radius 2 is 2.22 bits per heavy atom. The van der Waals surface area contributed by atoms with Crippen LogP contribution in [-0.4, -0.2) is 10.7 Å². The fourth-order valence-corrected chi connectivity index (χ4v) is 3.19. The van der Waals surface area contributed by atoms with Gasteiger partial charge in [-0.25, -0.2) is 9.37 Å². The van der Waals surface area contributed by atoms with Crippen LogP contribution in [0, 0.1) is 5.82 Å². The first-order chi connectivity index (χ1) is 8.58. The summed E-state index contributed by atoms with van der Waals surface area (Å²) in [7, 11) is 0. The van der Waals surface area contributed by atoms with Gasteiger partial charge in [0.05, 0.1) is 0 Å². The van der Waals surface area contributed by atoms with Gasteiger partial charge in [0.15, 0.2) is 4.34 Å². The largest absolute Gasteiger partial charge is 0.389 e. The number of nitrogens with two attached hydrogens (primary N) is 1. The Morgan fingerprint density at radius 1 is 1.50 bits per heavy atom. The van der Waals surface area contributed by atoms with E-state index in [2.05, 4.69) is 11.6 Å². The number of aromatic nitrogens is 1. The van der Waals surface area contributed by atoms with Crippen molar-refractivity contribution in [3.8, 4) is 11.3 Å². The summed E-state index contributed by atoms with van der Waals surface area (Å²) in [5.41, 5.74) is 7.95. The standard InChI is InChI=1S/C13H13FN2S2/c1-8(2)7-17-13-16-11(12(15)18-13)9-5-3-4-6-10(9)14/h3-6H,1,7,15H2,2H3. The second-order valence-electron chi connectivity index (χ2n) is 3.92. The van der Waals surface area contributed by atoms with Crippen LogP contribution in [0.25, 0.3) is 11.3 Å². The molecule has 0 radical (unpaired) electrons. The Hall–Kier alpha value is -1.33. The fourth-order valence-electron chi connectivity index (χ4n) is 1.40. The van der Waals surface area contributed by atoms with Gasteiger partial charge in [-0.2, -0.15) is 0 Å². The van der Waals surface area contributed by atoms with Crippen LogP contribution in [0.5, 0.6) is 0 Å². The van der Waals surface area contributed by atoms with Crippen LogP contribution in [-0.2, 0) is 0 Å². The first-order valence-corrected chi connectivity index (χ1v) is 7.16. The summed E-state index contributed by atoms with van der Waals surface area (Å²) in [6.07, 6.45) is 0. The predicted molar refractivity (Wildman–Crippen MR) is 77.5 cm³/mol. The normalized spacial score (nSPS) is 10.6. The summed E-state index contributed by atoms with van der Waals surface area (Å²) in [6, 6.07) is 6.53. The molecule has 2 rings (SSSR count). The molecule has 0 saturated carbocycles. The number of anilines is 1. The molecule has 0 saturated heterocycles. The van der Waals surface area contributed by atoms with E-state index in [0.29, 0.717) is 16.3 Å². The number of hydrogen-bond acceptors (Lipinski definition) is 4. The average Bonchev–Trinajstić information content (AvgIpc) is 2.69. The molecule has 2 N–H and O–H groups in total. The molecule has 1 aromatic heterocycles. The van der Waals surface area contributed by atoms with Gasteiger partial charge in [-0.1, -0.05) is 47.4 Å². The van der Waals surface area contributed by atoms with Crippen LogP contribution in [0.2, 0.25) is 0 Å². The van der Waals surface area contributed by atoms with Crippen molar-refractivity contribution in [2.45, 2.75) is 11.3 Å². The number of rotatable bonds is 4. The zero-order chi connectivity index (χ0) is 13.1. The van der Waals surface area contributed by atoms with Crippen LogP contribution in [0.4, 0.5) is 9.39 Å². The molecule has 5 heteroatoms. The van der Waals surface area contributed by atoms with Crippen LogP contribution in [0.3, 0.4) is 0 Å². The van der Waals surface area contributed by atoms with Gasteiger partial charge in [0.2, 0.25) is 0 Å². The van der Waals surface area contributed by atoms with E-state index in [1.165, 1.54) is 17.4 Å². The lowest BCUT2D eigenvalue weighted by Gasteiger charge is -1.99. The molecule has 2 nitrogen and oxygen atoms in total. The molecule has 0 atom stereocenters. The van der Waals surface area contributed by atoms with Crippen molar-refractivity contribution in [2.75, 3.05) is 11.5 Å². The lowest BCUT2D eigenvalue weighted by molar-refractivity contribution is 0.631. The van der Waals surface area contributed by atoms with Crippen molar-refractivity contribution in [1.29, 1.82) is 0 Å². The van der Waals surface area contributed by atoms with Crippen molar-refractivity contribution >= 4 is 28.1 Å². The number of thioether (sulfide) groups is 1. The van der Waals surface area contributed by atoms with E-state index in [1.807, 2.05) is 6.92 Å². The average molecular weight is 280 g/mol.